The maximum atomic E-state index is 14.9. The number of pyridine rings is 1. The normalized spacial score (nSPS) is 37.2. The van der Waals surface area contributed by atoms with Crippen molar-refractivity contribution in [2.75, 3.05) is 28.3 Å². The summed E-state index contributed by atoms with van der Waals surface area (Å²) in [4.78, 5) is 63.2. The van der Waals surface area contributed by atoms with Gasteiger partial charge in [-0.2, -0.15) is 0 Å². The number of aromatic nitrogens is 1. The highest BCUT2D eigenvalue weighted by Crippen LogP contribution is 2.39. The highest BCUT2D eigenvalue weighted by atomic mass is 16.7. The van der Waals surface area contributed by atoms with E-state index in [0.29, 0.717) is 12.0 Å². The number of hydrogen-bond acceptors (Lipinski definition) is 12. The zero-order chi connectivity index (χ0) is 41.1. The second-order valence-electron chi connectivity index (χ2n) is 16.1. The van der Waals surface area contributed by atoms with Gasteiger partial charge in [0.05, 0.1) is 29.9 Å². The maximum absolute atomic E-state index is 14.9. The van der Waals surface area contributed by atoms with E-state index in [1.54, 1.807) is 47.9 Å². The summed E-state index contributed by atoms with van der Waals surface area (Å²) in [5.74, 6) is 0.359. The van der Waals surface area contributed by atoms with Crippen LogP contribution in [0.15, 0.2) is 36.5 Å². The number of hydrogen-bond donors (Lipinski definition) is 1. The van der Waals surface area contributed by atoms with E-state index in [-0.39, 0.29) is 30.8 Å². The minimum absolute atomic E-state index is 0.0557. The Morgan fingerprint density at radius 2 is 1.62 bits per heavy atom. The molecule has 3 aliphatic heterocycles. The van der Waals surface area contributed by atoms with Crippen LogP contribution in [0.5, 0.6) is 0 Å². The van der Waals surface area contributed by atoms with Crippen LogP contribution in [-0.4, -0.2) is 116 Å². The number of nitrogens with one attached hydrogen (secondary N) is 1. The molecule has 0 bridgehead atoms. The fourth-order valence-corrected chi connectivity index (χ4v) is 9.01. The number of fused-ring (bicyclic) bond motifs is 2. The topological polar surface area (TPSA) is 152 Å². The Morgan fingerprint density at radius 3 is 2.29 bits per heavy atom. The fourth-order valence-electron chi connectivity index (χ4n) is 9.01. The molecule has 3 saturated heterocycles. The van der Waals surface area contributed by atoms with Crippen LogP contribution in [0, 0.1) is 41.4 Å². The van der Waals surface area contributed by atoms with Gasteiger partial charge in [0.25, 0.3) is 0 Å². The molecule has 56 heavy (non-hydrogen) atoms. The van der Waals surface area contributed by atoms with Crippen LogP contribution in [0.25, 0.3) is 10.9 Å². The number of methoxy groups -OCH3 is 2. The quantitative estimate of drug-likeness (QED) is 0.230. The fraction of sp³-hybridized carbons (Fsp3) is 0.651. The minimum Gasteiger partial charge on any atom is -0.457 e. The van der Waals surface area contributed by atoms with Crippen LogP contribution in [0.3, 0.4) is 0 Å². The number of amides is 1. The molecular formula is C43H59N3O10. The molecule has 4 heterocycles. The van der Waals surface area contributed by atoms with Crippen molar-refractivity contribution in [1.29, 1.82) is 0 Å². The van der Waals surface area contributed by atoms with E-state index in [1.807, 2.05) is 58.3 Å². The number of para-hydroxylation sites is 1. The lowest BCUT2D eigenvalue weighted by Gasteiger charge is -2.46. The number of likely N-dealkylation sites (N-methyl/N-ethyl adjacent to an activating group) is 1. The average molecular weight is 778 g/mol. The van der Waals surface area contributed by atoms with Crippen molar-refractivity contribution in [1.82, 2.24) is 15.2 Å². The van der Waals surface area contributed by atoms with Crippen molar-refractivity contribution >= 4 is 34.5 Å². The summed E-state index contributed by atoms with van der Waals surface area (Å²) in [6.07, 6.45) is -2.54. The standard InChI is InChI=1S/C43H59N3O10/c1-12-33-43(7)39(45-42(50)56-43)26(5)34(47)24(3)36(51-10)27(6)37(55-41-38(52-11)32(46(8)9)20-23(2)53-41)25(4)35(48)30(40(49)54-33)18-15-16-28-21-29-17-13-14-19-31(29)44-22-28/h13-14,17,19,21-27,30,32-33,36-39,41H,12,18,20H2,1-11H3,(H,45,50)/t23-,24+,25+,26-,27-,30?,32+,33+,36+,37-,38-,39?,41+,43-/m1/s1. The van der Waals surface area contributed by atoms with Gasteiger partial charge in [0.2, 0.25) is 0 Å². The summed E-state index contributed by atoms with van der Waals surface area (Å²) < 4.78 is 37.3. The Hall–Kier alpha value is -3.93. The van der Waals surface area contributed by atoms with Crippen molar-refractivity contribution in [2.45, 2.75) is 122 Å². The Kier molecular flexibility index (Phi) is 14.0. The third-order valence-electron chi connectivity index (χ3n) is 12.2. The van der Waals surface area contributed by atoms with Crippen molar-refractivity contribution < 1.29 is 47.6 Å². The Labute approximate surface area is 330 Å². The van der Waals surface area contributed by atoms with Gasteiger partial charge in [0.1, 0.15) is 23.9 Å². The minimum atomic E-state index is -1.42. The number of nitrogens with zero attached hydrogens (tertiary/aromatic N) is 2. The zero-order valence-electron chi connectivity index (χ0n) is 34.6. The second kappa shape index (κ2) is 18.1. The number of benzene rings is 1. The summed E-state index contributed by atoms with van der Waals surface area (Å²) in [6.45, 7) is 12.5. The van der Waals surface area contributed by atoms with Gasteiger partial charge in [0.15, 0.2) is 17.7 Å². The van der Waals surface area contributed by atoms with Gasteiger partial charge in [-0.25, -0.2) is 4.79 Å². The summed E-state index contributed by atoms with van der Waals surface area (Å²) in [7, 11) is 7.06. The lowest BCUT2D eigenvalue weighted by Crippen LogP contribution is -2.59. The molecule has 1 aromatic heterocycles. The summed E-state index contributed by atoms with van der Waals surface area (Å²) in [5.41, 5.74) is 0.0221. The Balaban J connectivity index is 1.60. The monoisotopic (exact) mass is 777 g/mol. The van der Waals surface area contributed by atoms with Gasteiger partial charge in [-0.15, -0.1) is 0 Å². The molecule has 5 rings (SSSR count). The molecule has 2 unspecified atom stereocenters. The summed E-state index contributed by atoms with van der Waals surface area (Å²) in [5, 5.41) is 3.72. The van der Waals surface area contributed by atoms with E-state index < -0.39 is 89.8 Å². The molecule has 3 fully saturated rings. The van der Waals surface area contributed by atoms with E-state index >= 15 is 0 Å². The first kappa shape index (κ1) is 43.2. The van der Waals surface area contributed by atoms with Gasteiger partial charge < -0.3 is 38.6 Å². The van der Waals surface area contributed by atoms with E-state index in [9.17, 15) is 19.2 Å². The van der Waals surface area contributed by atoms with Gasteiger partial charge >= 0.3 is 12.1 Å². The SMILES string of the molecule is CC[C@@H]1OC(=O)C(CC#Cc2cnc3ccccc3c2)C(=O)[C@H](C)[C@@H](O[C@@H]2O[C@H](C)C[C@H](N(C)C)[C@H]2OC)[C@H](C)[C@@H](OC)[C@@H](C)C(=O)[C@@H](C)C2NC(=O)O[C@@]21C. The molecule has 306 valence electrons. The molecule has 0 saturated carbocycles. The molecule has 1 amide bonds. The van der Waals surface area contributed by atoms with E-state index in [0.717, 1.165) is 10.9 Å². The van der Waals surface area contributed by atoms with Crippen LogP contribution in [0.2, 0.25) is 0 Å². The van der Waals surface area contributed by atoms with Crippen LogP contribution in [0.4, 0.5) is 4.79 Å². The molecular weight excluding hydrogens is 718 g/mol. The summed E-state index contributed by atoms with van der Waals surface area (Å²) >= 11 is 0. The summed E-state index contributed by atoms with van der Waals surface area (Å²) in [6, 6.07) is 8.67. The number of esters is 1. The number of carbonyl (C=O) groups is 4. The molecule has 1 N–H and O–H groups in total. The Bertz CT molecular complexity index is 1810. The predicted octanol–water partition coefficient (Wildman–Crippen LogP) is 4.96. The Morgan fingerprint density at radius 1 is 0.946 bits per heavy atom. The first-order chi connectivity index (χ1) is 26.6. The number of ketones is 2. The van der Waals surface area contributed by atoms with Crippen LogP contribution < -0.4 is 5.32 Å². The van der Waals surface area contributed by atoms with E-state index in [1.165, 1.54) is 7.11 Å². The van der Waals surface area contributed by atoms with Gasteiger partial charge in [-0.1, -0.05) is 64.7 Å². The van der Waals surface area contributed by atoms with Crippen LogP contribution in [0.1, 0.15) is 73.3 Å². The lowest BCUT2D eigenvalue weighted by molar-refractivity contribution is -0.286. The lowest BCUT2D eigenvalue weighted by atomic mass is 9.73. The molecule has 0 radical (unpaired) electrons. The molecule has 3 aliphatic rings. The zero-order valence-corrected chi connectivity index (χ0v) is 34.6. The number of ether oxygens (including phenoxy) is 6. The molecule has 14 atom stereocenters. The number of alkyl carbamates (subject to hydrolysis) is 1. The van der Waals surface area contributed by atoms with Gasteiger partial charge in [-0.05, 0) is 52.9 Å². The molecule has 2 aromatic rings. The first-order valence-electron chi connectivity index (χ1n) is 19.7. The third-order valence-corrected chi connectivity index (χ3v) is 12.2. The van der Waals surface area contributed by atoms with Crippen LogP contribution in [-0.2, 0) is 42.8 Å². The average Bonchev–Trinajstić information content (AvgIpc) is 3.49. The van der Waals surface area contributed by atoms with Crippen molar-refractivity contribution in [3.05, 3.63) is 42.1 Å². The van der Waals surface area contributed by atoms with E-state index in [2.05, 4.69) is 27.0 Å². The van der Waals surface area contributed by atoms with Gasteiger partial charge in [0, 0.05) is 67.5 Å². The highest BCUT2D eigenvalue weighted by molar-refractivity contribution is 6.00. The molecule has 0 aliphatic carbocycles. The van der Waals surface area contributed by atoms with Crippen molar-refractivity contribution in [3.8, 4) is 11.8 Å². The number of carbonyl (C=O) groups excluding carboxylic acids is 4. The molecule has 13 nitrogen and oxygen atoms in total. The number of Topliss-reactive ketones (excluding diaryl/α,β-unsaturated/α-hetero) is 2. The maximum Gasteiger partial charge on any atom is 0.408 e. The number of rotatable bonds is 7. The largest absolute Gasteiger partial charge is 0.457 e. The van der Waals surface area contributed by atoms with Crippen LogP contribution >= 0.6 is 0 Å². The smallest absolute Gasteiger partial charge is 0.408 e. The number of cyclic esters (lactones) is 1. The predicted molar refractivity (Wildman–Crippen MR) is 208 cm³/mol. The molecule has 0 spiro atoms. The molecule has 1 aromatic carbocycles. The second-order valence-corrected chi connectivity index (χ2v) is 16.1. The molecule has 13 heteroatoms. The third kappa shape index (κ3) is 8.80. The van der Waals surface area contributed by atoms with E-state index in [4.69, 9.17) is 28.4 Å². The van der Waals surface area contributed by atoms with Crippen molar-refractivity contribution in [2.24, 2.45) is 29.6 Å². The van der Waals surface area contributed by atoms with Gasteiger partial charge in [-0.3, -0.25) is 19.4 Å². The highest BCUT2D eigenvalue weighted by Gasteiger charge is 2.57. The van der Waals surface area contributed by atoms with Crippen molar-refractivity contribution in [3.63, 3.8) is 0 Å². The first-order valence-corrected chi connectivity index (χ1v) is 19.7.